The Bertz CT molecular complexity index is 331. The van der Waals surface area contributed by atoms with E-state index in [1.165, 1.54) is 0 Å². The molecule has 3 nitrogen and oxygen atoms in total. The molecule has 1 aromatic carbocycles. The zero-order valence-corrected chi connectivity index (χ0v) is 11.9. The van der Waals surface area contributed by atoms with Gasteiger partial charge in [-0.3, -0.25) is 0 Å². The number of rotatable bonds is 9. The molecule has 0 spiro atoms. The molecular weight excluding hydrogens is 248 g/mol. The van der Waals surface area contributed by atoms with Crippen LogP contribution in [0.25, 0.3) is 0 Å². The van der Waals surface area contributed by atoms with Crippen LogP contribution in [0.4, 0.5) is 0 Å². The van der Waals surface area contributed by atoms with E-state index in [4.69, 9.17) is 9.47 Å². The lowest BCUT2D eigenvalue weighted by molar-refractivity contribution is 0.136. The minimum Gasteiger partial charge on any atom is -0.491 e. The maximum Gasteiger partial charge on any atom is 0.125 e. The van der Waals surface area contributed by atoms with Crippen LogP contribution in [-0.2, 0) is 4.74 Å². The van der Waals surface area contributed by atoms with Gasteiger partial charge in [0.2, 0.25) is 0 Å². The molecule has 0 bridgehead atoms. The summed E-state index contributed by atoms with van der Waals surface area (Å²) in [6, 6.07) is 7.66. The number of benzene rings is 1. The summed E-state index contributed by atoms with van der Waals surface area (Å²) in [6.07, 6.45) is 3.41. The van der Waals surface area contributed by atoms with E-state index in [2.05, 4.69) is 6.26 Å². The monoisotopic (exact) mass is 270 g/mol. The number of aliphatic hydroxyl groups excluding tert-OH is 1. The second-order valence-corrected chi connectivity index (χ2v) is 5.02. The molecule has 1 aromatic rings. The van der Waals surface area contributed by atoms with Crippen LogP contribution >= 0.6 is 11.8 Å². The fourth-order valence-electron chi connectivity index (χ4n) is 1.70. The SMILES string of the molecule is COCCOc1ccccc1C(O)CCCSC. The Morgan fingerprint density at radius 3 is 2.78 bits per heavy atom. The van der Waals surface area contributed by atoms with Gasteiger partial charge < -0.3 is 14.6 Å². The zero-order valence-electron chi connectivity index (χ0n) is 11.1. The molecule has 1 atom stereocenters. The molecule has 0 saturated heterocycles. The first kappa shape index (κ1) is 15.3. The normalized spacial score (nSPS) is 12.4. The van der Waals surface area contributed by atoms with E-state index in [9.17, 15) is 5.11 Å². The number of ether oxygens (including phenoxy) is 2. The van der Waals surface area contributed by atoms with Crippen LogP contribution in [0.1, 0.15) is 24.5 Å². The van der Waals surface area contributed by atoms with Crippen LogP contribution in [0, 0.1) is 0 Å². The standard InChI is InChI=1S/C14H22O3S/c1-16-9-10-17-14-8-4-3-6-12(14)13(15)7-5-11-18-2/h3-4,6,8,13,15H,5,7,9-11H2,1-2H3. The highest BCUT2D eigenvalue weighted by Crippen LogP contribution is 2.28. The van der Waals surface area contributed by atoms with E-state index in [0.29, 0.717) is 13.2 Å². The first-order valence-corrected chi connectivity index (χ1v) is 7.56. The maximum absolute atomic E-state index is 10.2. The molecule has 1 unspecified atom stereocenters. The van der Waals surface area contributed by atoms with E-state index in [0.717, 1.165) is 29.9 Å². The quantitative estimate of drug-likeness (QED) is 0.700. The van der Waals surface area contributed by atoms with Gasteiger partial charge in [0.1, 0.15) is 12.4 Å². The van der Waals surface area contributed by atoms with Crippen LogP contribution in [0.15, 0.2) is 24.3 Å². The van der Waals surface area contributed by atoms with Crippen molar-refractivity contribution in [3.8, 4) is 5.75 Å². The van der Waals surface area contributed by atoms with Crippen molar-refractivity contribution in [3.05, 3.63) is 29.8 Å². The number of hydrogen-bond acceptors (Lipinski definition) is 4. The average molecular weight is 270 g/mol. The van der Waals surface area contributed by atoms with Gasteiger partial charge in [0.05, 0.1) is 12.7 Å². The number of para-hydroxylation sites is 1. The van der Waals surface area contributed by atoms with Crippen molar-refractivity contribution >= 4 is 11.8 Å². The van der Waals surface area contributed by atoms with Gasteiger partial charge in [-0.15, -0.1) is 0 Å². The molecule has 0 aromatic heterocycles. The second-order valence-electron chi connectivity index (χ2n) is 4.03. The number of methoxy groups -OCH3 is 1. The molecule has 1 N–H and O–H groups in total. The molecule has 0 aliphatic heterocycles. The summed E-state index contributed by atoms with van der Waals surface area (Å²) in [4.78, 5) is 0. The van der Waals surface area contributed by atoms with Gasteiger partial charge in [-0.05, 0) is 30.9 Å². The van der Waals surface area contributed by atoms with Gasteiger partial charge in [0.15, 0.2) is 0 Å². The molecule has 0 heterocycles. The highest BCUT2D eigenvalue weighted by molar-refractivity contribution is 7.98. The summed E-state index contributed by atoms with van der Waals surface area (Å²) < 4.78 is 10.6. The zero-order chi connectivity index (χ0) is 13.2. The lowest BCUT2D eigenvalue weighted by Gasteiger charge is -2.15. The topological polar surface area (TPSA) is 38.7 Å². The smallest absolute Gasteiger partial charge is 0.125 e. The van der Waals surface area contributed by atoms with Crippen molar-refractivity contribution in [1.29, 1.82) is 0 Å². The second kappa shape index (κ2) is 9.25. The third-order valence-corrected chi connectivity index (χ3v) is 3.35. The minimum atomic E-state index is -0.448. The van der Waals surface area contributed by atoms with Gasteiger partial charge in [-0.1, -0.05) is 18.2 Å². The Balaban J connectivity index is 2.56. The van der Waals surface area contributed by atoms with Crippen molar-refractivity contribution in [2.75, 3.05) is 32.3 Å². The van der Waals surface area contributed by atoms with Gasteiger partial charge in [-0.25, -0.2) is 0 Å². The highest BCUT2D eigenvalue weighted by Gasteiger charge is 2.12. The van der Waals surface area contributed by atoms with E-state index in [-0.39, 0.29) is 0 Å². The van der Waals surface area contributed by atoms with E-state index in [1.807, 2.05) is 24.3 Å². The van der Waals surface area contributed by atoms with Gasteiger partial charge in [0.25, 0.3) is 0 Å². The Labute approximate surface area is 113 Å². The Morgan fingerprint density at radius 1 is 1.28 bits per heavy atom. The first-order chi connectivity index (χ1) is 8.79. The van der Waals surface area contributed by atoms with E-state index < -0.39 is 6.10 Å². The fraction of sp³-hybridized carbons (Fsp3) is 0.571. The van der Waals surface area contributed by atoms with Crippen LogP contribution in [0.2, 0.25) is 0 Å². The van der Waals surface area contributed by atoms with Gasteiger partial charge in [-0.2, -0.15) is 11.8 Å². The summed E-state index contributed by atoms with van der Waals surface area (Å²) in [5.41, 5.74) is 0.870. The van der Waals surface area contributed by atoms with Crippen LogP contribution < -0.4 is 4.74 Å². The van der Waals surface area contributed by atoms with Crippen molar-refractivity contribution in [1.82, 2.24) is 0 Å². The summed E-state index contributed by atoms with van der Waals surface area (Å²) in [5.74, 6) is 1.83. The Hall–Kier alpha value is -0.710. The summed E-state index contributed by atoms with van der Waals surface area (Å²) in [7, 11) is 1.65. The Kier molecular flexibility index (Phi) is 7.89. The largest absolute Gasteiger partial charge is 0.491 e. The third-order valence-electron chi connectivity index (χ3n) is 2.65. The molecule has 0 aliphatic rings. The molecule has 18 heavy (non-hydrogen) atoms. The molecule has 4 heteroatoms. The van der Waals surface area contributed by atoms with E-state index >= 15 is 0 Å². The van der Waals surface area contributed by atoms with E-state index in [1.54, 1.807) is 18.9 Å². The predicted octanol–water partition coefficient (Wildman–Crippen LogP) is 2.89. The highest BCUT2D eigenvalue weighted by atomic mass is 32.2. The molecule has 0 fully saturated rings. The van der Waals surface area contributed by atoms with Crippen LogP contribution in [-0.4, -0.2) is 37.4 Å². The third kappa shape index (κ3) is 5.29. The fourth-order valence-corrected chi connectivity index (χ4v) is 2.15. The lowest BCUT2D eigenvalue weighted by Crippen LogP contribution is -2.08. The minimum absolute atomic E-state index is 0.448. The van der Waals surface area contributed by atoms with Crippen LogP contribution in [0.3, 0.4) is 0 Å². The summed E-state index contributed by atoms with van der Waals surface area (Å²) in [6.45, 7) is 1.06. The van der Waals surface area contributed by atoms with Crippen molar-refractivity contribution in [3.63, 3.8) is 0 Å². The van der Waals surface area contributed by atoms with Crippen LogP contribution in [0.5, 0.6) is 5.75 Å². The maximum atomic E-state index is 10.2. The number of thioether (sulfide) groups is 1. The van der Waals surface area contributed by atoms with Crippen molar-refractivity contribution in [2.45, 2.75) is 18.9 Å². The molecule has 1 rings (SSSR count). The average Bonchev–Trinajstić information content (AvgIpc) is 2.40. The number of aliphatic hydroxyl groups is 1. The molecular formula is C14H22O3S. The molecule has 0 amide bonds. The van der Waals surface area contributed by atoms with Crippen molar-refractivity contribution < 1.29 is 14.6 Å². The predicted molar refractivity (Wildman–Crippen MR) is 76.4 cm³/mol. The molecule has 102 valence electrons. The summed E-state index contributed by atoms with van der Waals surface area (Å²) >= 11 is 1.80. The molecule has 0 saturated carbocycles. The summed E-state index contributed by atoms with van der Waals surface area (Å²) in [5, 5.41) is 10.2. The molecule has 0 radical (unpaired) electrons. The number of hydrogen-bond donors (Lipinski definition) is 1. The van der Waals surface area contributed by atoms with Gasteiger partial charge >= 0.3 is 0 Å². The van der Waals surface area contributed by atoms with Crippen molar-refractivity contribution in [2.24, 2.45) is 0 Å². The first-order valence-electron chi connectivity index (χ1n) is 6.17. The van der Waals surface area contributed by atoms with Gasteiger partial charge in [0, 0.05) is 12.7 Å². The molecule has 0 aliphatic carbocycles. The Morgan fingerprint density at radius 2 is 2.06 bits per heavy atom. The lowest BCUT2D eigenvalue weighted by atomic mass is 10.0.